The van der Waals surface area contributed by atoms with Crippen LogP contribution in [-0.4, -0.2) is 16.1 Å². The molecule has 0 unspecified atom stereocenters. The van der Waals surface area contributed by atoms with Crippen molar-refractivity contribution in [3.05, 3.63) is 52.7 Å². The molecule has 1 aromatic heterocycles. The standard InChI is InChI=1S/C13H10ClNO3/c1-8-3-2-4-12(15-8)18-11-7-9(14)5-6-10(11)13(16)17/h2-7H,1H3,(H,16,17). The molecule has 0 aliphatic carbocycles. The first-order valence-corrected chi connectivity index (χ1v) is 5.58. The van der Waals surface area contributed by atoms with Gasteiger partial charge < -0.3 is 9.84 Å². The number of rotatable bonds is 3. The molecule has 0 aliphatic heterocycles. The van der Waals surface area contributed by atoms with Crippen LogP contribution in [0.3, 0.4) is 0 Å². The minimum atomic E-state index is -1.07. The summed E-state index contributed by atoms with van der Waals surface area (Å²) < 4.78 is 5.46. The van der Waals surface area contributed by atoms with Crippen LogP contribution in [0.5, 0.6) is 11.6 Å². The van der Waals surface area contributed by atoms with Gasteiger partial charge in [0.25, 0.3) is 0 Å². The Bertz CT molecular complexity index is 599. The van der Waals surface area contributed by atoms with Crippen LogP contribution in [0.2, 0.25) is 5.02 Å². The molecule has 1 aromatic carbocycles. The molecule has 0 bridgehead atoms. The Balaban J connectivity index is 2.39. The lowest BCUT2D eigenvalue weighted by atomic mass is 10.2. The molecule has 18 heavy (non-hydrogen) atoms. The van der Waals surface area contributed by atoms with Gasteiger partial charge in [0.15, 0.2) is 0 Å². The summed E-state index contributed by atoms with van der Waals surface area (Å²) in [4.78, 5) is 15.2. The highest BCUT2D eigenvalue weighted by atomic mass is 35.5. The van der Waals surface area contributed by atoms with Gasteiger partial charge in [-0.15, -0.1) is 0 Å². The molecule has 2 rings (SSSR count). The lowest BCUT2D eigenvalue weighted by Gasteiger charge is -2.08. The Kier molecular flexibility index (Phi) is 3.48. The monoisotopic (exact) mass is 263 g/mol. The van der Waals surface area contributed by atoms with E-state index < -0.39 is 5.97 Å². The molecule has 2 aromatic rings. The summed E-state index contributed by atoms with van der Waals surface area (Å²) in [5.74, 6) is -0.567. The number of nitrogens with zero attached hydrogens (tertiary/aromatic N) is 1. The topological polar surface area (TPSA) is 59.4 Å². The summed E-state index contributed by atoms with van der Waals surface area (Å²) in [6, 6.07) is 9.61. The van der Waals surface area contributed by atoms with Gasteiger partial charge in [-0.25, -0.2) is 9.78 Å². The number of carbonyl (C=O) groups is 1. The third-order valence-electron chi connectivity index (χ3n) is 2.25. The molecule has 1 heterocycles. The third-order valence-corrected chi connectivity index (χ3v) is 2.49. The number of aryl methyl sites for hydroxylation is 1. The number of hydrogen-bond acceptors (Lipinski definition) is 3. The van der Waals surface area contributed by atoms with E-state index in [9.17, 15) is 4.79 Å². The van der Waals surface area contributed by atoms with E-state index in [-0.39, 0.29) is 11.3 Å². The van der Waals surface area contributed by atoms with E-state index >= 15 is 0 Å². The molecule has 0 atom stereocenters. The number of benzene rings is 1. The Labute approximate surface area is 109 Å². The zero-order valence-corrected chi connectivity index (χ0v) is 10.3. The maximum absolute atomic E-state index is 11.0. The highest BCUT2D eigenvalue weighted by Gasteiger charge is 2.13. The van der Waals surface area contributed by atoms with Crippen molar-refractivity contribution in [2.75, 3.05) is 0 Å². The fourth-order valence-electron chi connectivity index (χ4n) is 1.44. The van der Waals surface area contributed by atoms with Gasteiger partial charge in [0.05, 0.1) is 0 Å². The van der Waals surface area contributed by atoms with Crippen LogP contribution in [0.4, 0.5) is 0 Å². The molecule has 0 saturated heterocycles. The Morgan fingerprint density at radius 3 is 2.78 bits per heavy atom. The van der Waals surface area contributed by atoms with E-state index in [1.165, 1.54) is 18.2 Å². The van der Waals surface area contributed by atoms with Gasteiger partial charge in [-0.05, 0) is 25.1 Å². The van der Waals surface area contributed by atoms with E-state index in [2.05, 4.69) is 4.98 Å². The molecule has 92 valence electrons. The number of aromatic carboxylic acids is 1. The van der Waals surface area contributed by atoms with Crippen molar-refractivity contribution in [2.24, 2.45) is 0 Å². The van der Waals surface area contributed by atoms with E-state index in [1.807, 2.05) is 13.0 Å². The van der Waals surface area contributed by atoms with E-state index in [0.29, 0.717) is 10.9 Å². The van der Waals surface area contributed by atoms with Gasteiger partial charge in [-0.1, -0.05) is 17.7 Å². The van der Waals surface area contributed by atoms with Gasteiger partial charge in [0, 0.05) is 22.8 Å². The van der Waals surface area contributed by atoms with Crippen molar-refractivity contribution in [3.8, 4) is 11.6 Å². The Hall–Kier alpha value is -2.07. The zero-order chi connectivity index (χ0) is 13.1. The summed E-state index contributed by atoms with van der Waals surface area (Å²) >= 11 is 5.83. The lowest BCUT2D eigenvalue weighted by molar-refractivity contribution is 0.0694. The lowest BCUT2D eigenvalue weighted by Crippen LogP contribution is -2.00. The predicted molar refractivity (Wildman–Crippen MR) is 67.5 cm³/mol. The number of pyridine rings is 1. The van der Waals surface area contributed by atoms with Crippen LogP contribution in [0.15, 0.2) is 36.4 Å². The minimum absolute atomic E-state index is 0.0442. The van der Waals surface area contributed by atoms with Crippen LogP contribution in [0.25, 0.3) is 0 Å². The van der Waals surface area contributed by atoms with Gasteiger partial charge >= 0.3 is 5.97 Å². The molecule has 0 aliphatic rings. The predicted octanol–water partition coefficient (Wildman–Crippen LogP) is 3.53. The second kappa shape index (κ2) is 5.06. The summed E-state index contributed by atoms with van der Waals surface area (Å²) in [6.07, 6.45) is 0. The minimum Gasteiger partial charge on any atom is -0.478 e. The largest absolute Gasteiger partial charge is 0.478 e. The second-order valence-corrected chi connectivity index (χ2v) is 4.10. The van der Waals surface area contributed by atoms with Crippen LogP contribution < -0.4 is 4.74 Å². The molecule has 0 spiro atoms. The number of hydrogen-bond donors (Lipinski definition) is 1. The zero-order valence-electron chi connectivity index (χ0n) is 9.55. The van der Waals surface area contributed by atoms with Gasteiger partial charge in [0.1, 0.15) is 11.3 Å². The fraction of sp³-hybridized carbons (Fsp3) is 0.0769. The summed E-state index contributed by atoms with van der Waals surface area (Å²) in [5.41, 5.74) is 0.828. The van der Waals surface area contributed by atoms with Crippen LogP contribution >= 0.6 is 11.6 Å². The van der Waals surface area contributed by atoms with Gasteiger partial charge in [-0.2, -0.15) is 0 Å². The summed E-state index contributed by atoms with van der Waals surface area (Å²) in [6.45, 7) is 1.82. The average molecular weight is 264 g/mol. The van der Waals surface area contributed by atoms with Gasteiger partial charge in [0.2, 0.25) is 5.88 Å². The number of ether oxygens (including phenoxy) is 1. The molecule has 0 amide bonds. The maximum atomic E-state index is 11.0. The van der Waals surface area contributed by atoms with Crippen molar-refractivity contribution in [2.45, 2.75) is 6.92 Å². The molecule has 0 saturated carbocycles. The molecule has 4 nitrogen and oxygen atoms in total. The normalized spacial score (nSPS) is 10.1. The summed E-state index contributed by atoms with van der Waals surface area (Å²) in [5, 5.41) is 9.45. The average Bonchev–Trinajstić information content (AvgIpc) is 2.28. The Morgan fingerprint density at radius 1 is 1.33 bits per heavy atom. The van der Waals surface area contributed by atoms with Crippen molar-refractivity contribution in [3.63, 3.8) is 0 Å². The Morgan fingerprint density at radius 2 is 2.11 bits per heavy atom. The van der Waals surface area contributed by atoms with Crippen molar-refractivity contribution >= 4 is 17.6 Å². The molecular formula is C13H10ClNO3. The van der Waals surface area contributed by atoms with Crippen molar-refractivity contribution in [1.29, 1.82) is 0 Å². The second-order valence-electron chi connectivity index (χ2n) is 3.66. The number of halogens is 1. The number of carboxylic acid groups (broad SMARTS) is 1. The SMILES string of the molecule is Cc1cccc(Oc2cc(Cl)ccc2C(=O)O)n1. The van der Waals surface area contributed by atoms with E-state index in [4.69, 9.17) is 21.4 Å². The molecular weight excluding hydrogens is 254 g/mol. The van der Waals surface area contributed by atoms with Crippen molar-refractivity contribution < 1.29 is 14.6 Å². The highest BCUT2D eigenvalue weighted by Crippen LogP contribution is 2.27. The molecule has 0 radical (unpaired) electrons. The highest BCUT2D eigenvalue weighted by molar-refractivity contribution is 6.30. The number of carboxylic acids is 1. The van der Waals surface area contributed by atoms with Crippen LogP contribution in [0, 0.1) is 6.92 Å². The molecule has 5 heteroatoms. The van der Waals surface area contributed by atoms with E-state index in [0.717, 1.165) is 5.69 Å². The van der Waals surface area contributed by atoms with E-state index in [1.54, 1.807) is 12.1 Å². The third kappa shape index (κ3) is 2.78. The first-order valence-electron chi connectivity index (χ1n) is 5.20. The molecule has 1 N–H and O–H groups in total. The van der Waals surface area contributed by atoms with Gasteiger partial charge in [-0.3, -0.25) is 0 Å². The molecule has 0 fully saturated rings. The smallest absolute Gasteiger partial charge is 0.339 e. The van der Waals surface area contributed by atoms with Crippen molar-refractivity contribution in [1.82, 2.24) is 4.98 Å². The first kappa shape index (κ1) is 12.4. The number of aromatic nitrogens is 1. The fourth-order valence-corrected chi connectivity index (χ4v) is 1.61. The summed E-state index contributed by atoms with van der Waals surface area (Å²) in [7, 11) is 0. The first-order chi connectivity index (χ1) is 8.56. The maximum Gasteiger partial charge on any atom is 0.339 e. The van der Waals surface area contributed by atoms with Crippen LogP contribution in [-0.2, 0) is 0 Å². The van der Waals surface area contributed by atoms with Crippen LogP contribution in [0.1, 0.15) is 16.1 Å². The quantitative estimate of drug-likeness (QED) is 0.920.